The molecule has 1 aromatic heterocycles. The molecule has 0 amide bonds. The third kappa shape index (κ3) is 4.50. The number of rotatable bonds is 8. The van der Waals surface area contributed by atoms with E-state index in [0.717, 1.165) is 37.3 Å². The van der Waals surface area contributed by atoms with E-state index in [2.05, 4.69) is 11.9 Å². The zero-order valence-electron chi connectivity index (χ0n) is 10.9. The SMILES string of the molecule is Cc1ccc(C(CN)N(C)CCCCCO)o1. The molecule has 1 atom stereocenters. The number of hydrogen-bond donors (Lipinski definition) is 2. The molecule has 0 aliphatic rings. The van der Waals surface area contributed by atoms with Crippen LogP contribution in [0.15, 0.2) is 16.5 Å². The lowest BCUT2D eigenvalue weighted by molar-refractivity contribution is 0.210. The van der Waals surface area contributed by atoms with Crippen LogP contribution in [-0.4, -0.2) is 36.8 Å². The summed E-state index contributed by atoms with van der Waals surface area (Å²) in [6, 6.07) is 4.12. The van der Waals surface area contributed by atoms with Crippen molar-refractivity contribution >= 4 is 0 Å². The smallest absolute Gasteiger partial charge is 0.122 e. The monoisotopic (exact) mass is 240 g/mol. The number of likely N-dealkylation sites (N-methyl/N-ethyl adjacent to an activating group) is 1. The van der Waals surface area contributed by atoms with Crippen LogP contribution in [0.4, 0.5) is 0 Å². The van der Waals surface area contributed by atoms with E-state index < -0.39 is 0 Å². The van der Waals surface area contributed by atoms with Gasteiger partial charge in [-0.05, 0) is 51.9 Å². The summed E-state index contributed by atoms with van der Waals surface area (Å²) in [6.07, 6.45) is 3.00. The average molecular weight is 240 g/mol. The third-order valence-corrected chi connectivity index (χ3v) is 3.01. The molecular weight excluding hydrogens is 216 g/mol. The molecule has 17 heavy (non-hydrogen) atoms. The van der Waals surface area contributed by atoms with Gasteiger partial charge in [0.25, 0.3) is 0 Å². The average Bonchev–Trinajstić information content (AvgIpc) is 2.72. The highest BCUT2D eigenvalue weighted by Crippen LogP contribution is 2.20. The van der Waals surface area contributed by atoms with Crippen LogP contribution in [0.3, 0.4) is 0 Å². The fourth-order valence-corrected chi connectivity index (χ4v) is 1.95. The van der Waals surface area contributed by atoms with Gasteiger partial charge in [0.15, 0.2) is 0 Å². The summed E-state index contributed by atoms with van der Waals surface area (Å²) in [4.78, 5) is 2.22. The van der Waals surface area contributed by atoms with E-state index in [1.54, 1.807) is 0 Å². The van der Waals surface area contributed by atoms with Crippen LogP contribution in [0.25, 0.3) is 0 Å². The molecule has 1 heterocycles. The van der Waals surface area contributed by atoms with Gasteiger partial charge < -0.3 is 15.3 Å². The van der Waals surface area contributed by atoms with Gasteiger partial charge in [0.05, 0.1) is 6.04 Å². The van der Waals surface area contributed by atoms with Crippen molar-refractivity contribution in [2.45, 2.75) is 32.2 Å². The van der Waals surface area contributed by atoms with Gasteiger partial charge in [-0.25, -0.2) is 0 Å². The molecular formula is C13H24N2O2. The van der Waals surface area contributed by atoms with Crippen LogP contribution in [0.1, 0.15) is 36.8 Å². The van der Waals surface area contributed by atoms with Crippen LogP contribution in [0, 0.1) is 6.92 Å². The number of aryl methyl sites for hydroxylation is 1. The zero-order chi connectivity index (χ0) is 12.7. The van der Waals surface area contributed by atoms with Crippen LogP contribution in [0.2, 0.25) is 0 Å². The lowest BCUT2D eigenvalue weighted by atomic mass is 10.1. The van der Waals surface area contributed by atoms with E-state index in [1.807, 2.05) is 19.1 Å². The number of nitrogens with two attached hydrogens (primary N) is 1. The summed E-state index contributed by atoms with van der Waals surface area (Å²) in [5.41, 5.74) is 5.80. The summed E-state index contributed by atoms with van der Waals surface area (Å²) in [5.74, 6) is 1.86. The number of nitrogens with zero attached hydrogens (tertiary/aromatic N) is 1. The molecule has 1 rings (SSSR count). The third-order valence-electron chi connectivity index (χ3n) is 3.01. The zero-order valence-corrected chi connectivity index (χ0v) is 10.9. The van der Waals surface area contributed by atoms with Crippen molar-refractivity contribution in [2.24, 2.45) is 5.73 Å². The first-order chi connectivity index (χ1) is 8.19. The van der Waals surface area contributed by atoms with Gasteiger partial charge >= 0.3 is 0 Å². The minimum Gasteiger partial charge on any atom is -0.465 e. The summed E-state index contributed by atoms with van der Waals surface area (Å²) < 4.78 is 5.62. The van der Waals surface area contributed by atoms with Crippen molar-refractivity contribution in [3.8, 4) is 0 Å². The fourth-order valence-electron chi connectivity index (χ4n) is 1.95. The lowest BCUT2D eigenvalue weighted by Crippen LogP contribution is -2.31. The Morgan fingerprint density at radius 3 is 2.65 bits per heavy atom. The van der Waals surface area contributed by atoms with Crippen molar-refractivity contribution < 1.29 is 9.52 Å². The number of aliphatic hydroxyl groups is 1. The van der Waals surface area contributed by atoms with Gasteiger partial charge in [-0.2, -0.15) is 0 Å². The number of unbranched alkanes of at least 4 members (excludes halogenated alkanes) is 2. The van der Waals surface area contributed by atoms with E-state index in [4.69, 9.17) is 15.3 Å². The summed E-state index contributed by atoms with van der Waals surface area (Å²) in [6.45, 7) is 3.75. The Bertz CT molecular complexity index is 312. The molecule has 0 radical (unpaired) electrons. The molecule has 1 unspecified atom stereocenters. The van der Waals surface area contributed by atoms with E-state index in [1.165, 1.54) is 0 Å². The largest absolute Gasteiger partial charge is 0.465 e. The van der Waals surface area contributed by atoms with Crippen LogP contribution >= 0.6 is 0 Å². The lowest BCUT2D eigenvalue weighted by Gasteiger charge is -2.25. The standard InChI is InChI=1S/C13H24N2O2/c1-11-6-7-13(17-11)12(10-14)15(2)8-4-3-5-9-16/h6-7,12,16H,3-5,8-10,14H2,1-2H3. The normalized spacial score (nSPS) is 13.2. The maximum Gasteiger partial charge on any atom is 0.122 e. The van der Waals surface area contributed by atoms with Gasteiger partial charge in [-0.1, -0.05) is 0 Å². The number of furan rings is 1. The van der Waals surface area contributed by atoms with Crippen molar-refractivity contribution in [3.63, 3.8) is 0 Å². The summed E-state index contributed by atoms with van der Waals surface area (Å²) >= 11 is 0. The van der Waals surface area contributed by atoms with Crippen molar-refractivity contribution in [2.75, 3.05) is 26.7 Å². The van der Waals surface area contributed by atoms with Gasteiger partial charge in [0.1, 0.15) is 11.5 Å². The molecule has 0 aromatic carbocycles. The minimum absolute atomic E-state index is 0.151. The first-order valence-electron chi connectivity index (χ1n) is 6.26. The van der Waals surface area contributed by atoms with Crippen LogP contribution in [-0.2, 0) is 0 Å². The number of aliphatic hydroxyl groups excluding tert-OH is 1. The first-order valence-corrected chi connectivity index (χ1v) is 6.26. The molecule has 0 saturated carbocycles. The predicted octanol–water partition coefficient (Wildman–Crippen LogP) is 1.68. The Balaban J connectivity index is 2.44. The predicted molar refractivity (Wildman–Crippen MR) is 68.8 cm³/mol. The Kier molecular flexibility index (Phi) is 6.26. The Morgan fingerprint density at radius 1 is 1.35 bits per heavy atom. The molecule has 0 spiro atoms. The molecule has 98 valence electrons. The van der Waals surface area contributed by atoms with E-state index in [-0.39, 0.29) is 12.6 Å². The van der Waals surface area contributed by atoms with Gasteiger partial charge in [-0.15, -0.1) is 0 Å². The van der Waals surface area contributed by atoms with Crippen LogP contribution < -0.4 is 5.73 Å². The highest BCUT2D eigenvalue weighted by Gasteiger charge is 2.18. The second-order valence-electron chi connectivity index (χ2n) is 4.46. The molecule has 0 saturated heterocycles. The Hall–Kier alpha value is -0.840. The van der Waals surface area contributed by atoms with Crippen molar-refractivity contribution in [3.05, 3.63) is 23.7 Å². The molecule has 0 fully saturated rings. The van der Waals surface area contributed by atoms with Crippen LogP contribution in [0.5, 0.6) is 0 Å². The highest BCUT2D eigenvalue weighted by atomic mass is 16.3. The minimum atomic E-state index is 0.151. The second-order valence-corrected chi connectivity index (χ2v) is 4.46. The Labute approximate surface area is 103 Å². The fraction of sp³-hybridized carbons (Fsp3) is 0.692. The number of hydrogen-bond acceptors (Lipinski definition) is 4. The molecule has 0 bridgehead atoms. The summed E-state index contributed by atoms with van der Waals surface area (Å²) in [5, 5.41) is 8.72. The summed E-state index contributed by atoms with van der Waals surface area (Å²) in [7, 11) is 2.06. The van der Waals surface area contributed by atoms with Gasteiger partial charge in [-0.3, -0.25) is 4.90 Å². The quantitative estimate of drug-likeness (QED) is 0.679. The van der Waals surface area contributed by atoms with E-state index >= 15 is 0 Å². The van der Waals surface area contributed by atoms with Gasteiger partial charge in [0.2, 0.25) is 0 Å². The molecule has 3 N–H and O–H groups in total. The Morgan fingerprint density at radius 2 is 2.12 bits per heavy atom. The van der Waals surface area contributed by atoms with E-state index in [9.17, 15) is 0 Å². The topological polar surface area (TPSA) is 62.6 Å². The van der Waals surface area contributed by atoms with E-state index in [0.29, 0.717) is 6.54 Å². The van der Waals surface area contributed by atoms with Crippen molar-refractivity contribution in [1.82, 2.24) is 4.90 Å². The van der Waals surface area contributed by atoms with Crippen molar-refractivity contribution in [1.29, 1.82) is 0 Å². The molecule has 1 aromatic rings. The molecule has 0 aliphatic heterocycles. The molecule has 0 aliphatic carbocycles. The molecule has 4 nitrogen and oxygen atoms in total. The highest BCUT2D eigenvalue weighted by molar-refractivity contribution is 5.10. The maximum atomic E-state index is 8.72. The first kappa shape index (κ1) is 14.2. The second kappa shape index (κ2) is 7.48. The molecule has 4 heteroatoms. The van der Waals surface area contributed by atoms with Gasteiger partial charge in [0, 0.05) is 13.2 Å². The maximum absolute atomic E-state index is 8.72.